The van der Waals surface area contributed by atoms with Gasteiger partial charge in [-0.3, -0.25) is 0 Å². The average Bonchev–Trinajstić information content (AvgIpc) is 2.10. The van der Waals surface area contributed by atoms with Gasteiger partial charge < -0.3 is 19.7 Å². The Hall–Kier alpha value is -0.890. The SMILES string of the molecule is C.C.C.C.C.C.C.C.C.O=C(O)COC(=O)COC(=O)CO.[Ag]. The number of esters is 2. The van der Waals surface area contributed by atoms with Crippen LogP contribution in [0.25, 0.3) is 0 Å². The summed E-state index contributed by atoms with van der Waals surface area (Å²) in [6, 6.07) is 0. The van der Waals surface area contributed by atoms with Crippen molar-refractivity contribution in [2.45, 2.75) is 66.8 Å². The van der Waals surface area contributed by atoms with E-state index in [4.69, 9.17) is 10.2 Å². The van der Waals surface area contributed by atoms with E-state index < -0.39 is 37.7 Å². The minimum absolute atomic E-state index is 0. The molecule has 0 saturated heterocycles. The summed E-state index contributed by atoms with van der Waals surface area (Å²) in [4.78, 5) is 30.7. The summed E-state index contributed by atoms with van der Waals surface area (Å²) >= 11 is 0. The Morgan fingerprint density at radius 1 is 0.652 bits per heavy atom. The molecule has 0 aliphatic carbocycles. The normalized spacial score (nSPS) is 5.09. The molecular weight excluding hydrogens is 400 g/mol. The van der Waals surface area contributed by atoms with E-state index in [-0.39, 0.29) is 89.2 Å². The molecular formula is C15H44AgO7. The predicted molar refractivity (Wildman–Crippen MR) is 97.2 cm³/mol. The van der Waals surface area contributed by atoms with Crippen molar-refractivity contribution in [3.8, 4) is 0 Å². The first-order valence-electron chi connectivity index (χ1n) is 3.20. The van der Waals surface area contributed by atoms with Crippen LogP contribution in [-0.4, -0.2) is 47.9 Å². The predicted octanol–water partition coefficient (Wildman–Crippen LogP) is 3.87. The zero-order valence-corrected chi connectivity index (χ0v) is 8.34. The van der Waals surface area contributed by atoms with Gasteiger partial charge in [0, 0.05) is 22.4 Å². The Morgan fingerprint density at radius 3 is 1.22 bits per heavy atom. The summed E-state index contributed by atoms with van der Waals surface area (Å²) in [5.41, 5.74) is 0. The minimum atomic E-state index is -1.30. The third kappa shape index (κ3) is 62.5. The summed E-state index contributed by atoms with van der Waals surface area (Å²) in [5.74, 6) is -3.27. The van der Waals surface area contributed by atoms with Crippen LogP contribution in [0.2, 0.25) is 0 Å². The molecule has 0 atom stereocenters. The number of hydrogen-bond acceptors (Lipinski definition) is 6. The van der Waals surface area contributed by atoms with Gasteiger partial charge in [0.05, 0.1) is 0 Å². The van der Waals surface area contributed by atoms with Gasteiger partial charge in [0.2, 0.25) is 0 Å². The second kappa shape index (κ2) is 49.7. The average molecular weight is 444 g/mol. The number of aliphatic hydroxyl groups is 1. The van der Waals surface area contributed by atoms with Crippen molar-refractivity contribution in [3.05, 3.63) is 0 Å². The van der Waals surface area contributed by atoms with Gasteiger partial charge in [0.25, 0.3) is 0 Å². The molecule has 0 rings (SSSR count). The topological polar surface area (TPSA) is 110 Å². The molecule has 0 unspecified atom stereocenters. The van der Waals surface area contributed by atoms with E-state index in [1.807, 2.05) is 0 Å². The van der Waals surface area contributed by atoms with Crippen LogP contribution in [0.3, 0.4) is 0 Å². The summed E-state index contributed by atoms with van der Waals surface area (Å²) in [5, 5.41) is 16.2. The van der Waals surface area contributed by atoms with Crippen molar-refractivity contribution in [1.82, 2.24) is 0 Å². The second-order valence-corrected chi connectivity index (χ2v) is 1.87. The second-order valence-electron chi connectivity index (χ2n) is 1.87. The maximum Gasteiger partial charge on any atom is 0.344 e. The minimum Gasteiger partial charge on any atom is -0.479 e. The molecule has 0 aromatic heterocycles. The molecule has 2 N–H and O–H groups in total. The number of carbonyl (C=O) groups is 3. The third-order valence-corrected chi connectivity index (χ3v) is 0.837. The van der Waals surface area contributed by atoms with Crippen LogP contribution in [0.15, 0.2) is 0 Å². The van der Waals surface area contributed by atoms with Crippen molar-refractivity contribution in [1.29, 1.82) is 0 Å². The maximum absolute atomic E-state index is 10.5. The van der Waals surface area contributed by atoms with Gasteiger partial charge in [-0.2, -0.15) is 0 Å². The number of ether oxygens (including phenoxy) is 2. The molecule has 1 radical (unpaired) electrons. The number of carboxylic acid groups (broad SMARTS) is 1. The van der Waals surface area contributed by atoms with Crippen LogP contribution in [0, 0.1) is 0 Å². The Morgan fingerprint density at radius 2 is 0.957 bits per heavy atom. The van der Waals surface area contributed by atoms with Gasteiger partial charge in [0.1, 0.15) is 6.61 Å². The first-order chi connectivity index (χ1) is 6.06. The molecule has 0 aliphatic rings. The zero-order valence-electron chi connectivity index (χ0n) is 6.86. The van der Waals surface area contributed by atoms with E-state index in [1.54, 1.807) is 0 Å². The molecule has 8 heteroatoms. The summed E-state index contributed by atoms with van der Waals surface area (Å²) in [7, 11) is 0. The van der Waals surface area contributed by atoms with Gasteiger partial charge in [0.15, 0.2) is 13.2 Å². The van der Waals surface area contributed by atoms with Gasteiger partial charge in [-0.25, -0.2) is 14.4 Å². The molecule has 7 nitrogen and oxygen atoms in total. The largest absolute Gasteiger partial charge is 0.479 e. The summed E-state index contributed by atoms with van der Waals surface area (Å²) < 4.78 is 8.23. The Bertz CT molecular complexity index is 222. The standard InChI is InChI=1S/C6H8O7.9CH4.Ag/c7-1-5(10)13-3-6(11)12-2-4(8)9;;;;;;;;;;/h7H,1-3H2,(H,8,9);9*1H4;. The fraction of sp³-hybridized carbons (Fsp3) is 0.800. The molecule has 157 valence electrons. The van der Waals surface area contributed by atoms with Crippen LogP contribution in [0.4, 0.5) is 0 Å². The molecule has 23 heavy (non-hydrogen) atoms. The molecule has 0 bridgehead atoms. The monoisotopic (exact) mass is 443 g/mol. The molecule has 0 aliphatic heterocycles. The number of aliphatic hydroxyl groups excluding tert-OH is 1. The molecule has 0 spiro atoms. The maximum atomic E-state index is 10.5. The van der Waals surface area contributed by atoms with Gasteiger partial charge in [-0.1, -0.05) is 66.8 Å². The Balaban J connectivity index is -0.0000000160. The number of hydrogen-bond donors (Lipinski definition) is 2. The number of aliphatic carboxylic acids is 1. The van der Waals surface area contributed by atoms with E-state index in [1.165, 1.54) is 0 Å². The smallest absolute Gasteiger partial charge is 0.344 e. The number of rotatable bonds is 5. The van der Waals surface area contributed by atoms with Gasteiger partial charge in [-0.05, 0) is 0 Å². The van der Waals surface area contributed by atoms with Gasteiger partial charge >= 0.3 is 17.9 Å². The molecule has 0 aromatic rings. The fourth-order valence-corrected chi connectivity index (χ4v) is 0.369. The first kappa shape index (κ1) is 79.8. The number of carboxylic acids is 1. The van der Waals surface area contributed by atoms with Crippen LogP contribution >= 0.6 is 0 Å². The van der Waals surface area contributed by atoms with Crippen molar-refractivity contribution < 1.29 is 56.5 Å². The quantitative estimate of drug-likeness (QED) is 0.489. The molecule has 0 heterocycles. The van der Waals surface area contributed by atoms with Crippen molar-refractivity contribution >= 4 is 17.9 Å². The van der Waals surface area contributed by atoms with E-state index in [0.717, 1.165) is 0 Å². The van der Waals surface area contributed by atoms with E-state index in [2.05, 4.69) is 9.47 Å². The van der Waals surface area contributed by atoms with E-state index >= 15 is 0 Å². The zero-order chi connectivity index (χ0) is 10.3. The van der Waals surface area contributed by atoms with Crippen molar-refractivity contribution in [3.63, 3.8) is 0 Å². The fourth-order valence-electron chi connectivity index (χ4n) is 0.369. The summed E-state index contributed by atoms with van der Waals surface area (Å²) in [6.07, 6.45) is 0. The number of carbonyl (C=O) groups excluding carboxylic acids is 2. The molecule has 0 fully saturated rings. The Labute approximate surface area is 161 Å². The van der Waals surface area contributed by atoms with Gasteiger partial charge in [-0.15, -0.1) is 0 Å². The van der Waals surface area contributed by atoms with Crippen LogP contribution in [0.1, 0.15) is 66.8 Å². The summed E-state index contributed by atoms with van der Waals surface area (Å²) in [6.45, 7) is -2.33. The van der Waals surface area contributed by atoms with Crippen molar-refractivity contribution in [2.75, 3.05) is 19.8 Å². The van der Waals surface area contributed by atoms with Crippen LogP contribution in [0.5, 0.6) is 0 Å². The van der Waals surface area contributed by atoms with E-state index in [9.17, 15) is 14.4 Å². The first-order valence-corrected chi connectivity index (χ1v) is 3.20. The molecule has 0 saturated carbocycles. The third-order valence-electron chi connectivity index (χ3n) is 0.837. The molecule has 0 amide bonds. The van der Waals surface area contributed by atoms with Crippen LogP contribution < -0.4 is 0 Å². The van der Waals surface area contributed by atoms with Crippen LogP contribution in [-0.2, 0) is 46.2 Å². The van der Waals surface area contributed by atoms with E-state index in [0.29, 0.717) is 0 Å². The molecule has 0 aromatic carbocycles. The Kier molecular flexibility index (Phi) is 172. The van der Waals surface area contributed by atoms with Crippen molar-refractivity contribution in [2.24, 2.45) is 0 Å².